The number of hydrogen-bond acceptors (Lipinski definition) is 3. The Bertz CT molecular complexity index is 467. The second-order valence-corrected chi connectivity index (χ2v) is 8.06. The number of nitrogens with zero attached hydrogens (tertiary/aromatic N) is 1. The van der Waals surface area contributed by atoms with Crippen LogP contribution in [-0.4, -0.2) is 41.9 Å². The number of amides is 2. The summed E-state index contributed by atoms with van der Waals surface area (Å²) >= 11 is 0. The van der Waals surface area contributed by atoms with Crippen molar-refractivity contribution >= 4 is 11.8 Å². The fraction of sp³-hybridized carbons (Fsp3) is 0.895. The number of nitrogens with one attached hydrogen (secondary N) is 1. The summed E-state index contributed by atoms with van der Waals surface area (Å²) in [6.45, 7) is 5.70. The molecule has 0 spiro atoms. The fourth-order valence-electron chi connectivity index (χ4n) is 5.16. The van der Waals surface area contributed by atoms with Gasteiger partial charge in [-0.05, 0) is 56.8 Å². The van der Waals surface area contributed by atoms with Crippen molar-refractivity contribution in [3.05, 3.63) is 0 Å². The van der Waals surface area contributed by atoms with E-state index >= 15 is 0 Å². The molecule has 0 aromatic heterocycles. The second-order valence-electron chi connectivity index (χ2n) is 8.06. The molecule has 3 fully saturated rings. The van der Waals surface area contributed by atoms with Crippen molar-refractivity contribution in [3.8, 4) is 0 Å². The summed E-state index contributed by atoms with van der Waals surface area (Å²) in [4.78, 5) is 27.1. The molecule has 0 aromatic rings. The van der Waals surface area contributed by atoms with E-state index in [2.05, 4.69) is 19.2 Å². The van der Waals surface area contributed by atoms with Crippen LogP contribution in [0.2, 0.25) is 0 Å². The van der Waals surface area contributed by atoms with Gasteiger partial charge >= 0.3 is 0 Å². The first-order valence-electron chi connectivity index (χ1n) is 9.89. The van der Waals surface area contributed by atoms with E-state index in [1.54, 1.807) is 0 Å². The topological polar surface area (TPSA) is 75.4 Å². The van der Waals surface area contributed by atoms with E-state index in [9.17, 15) is 9.59 Å². The second kappa shape index (κ2) is 7.42. The molecule has 3 N–H and O–H groups in total. The van der Waals surface area contributed by atoms with Crippen molar-refractivity contribution in [2.75, 3.05) is 13.1 Å². The van der Waals surface area contributed by atoms with Crippen molar-refractivity contribution in [1.29, 1.82) is 0 Å². The molecule has 136 valence electrons. The number of rotatable bonds is 5. The van der Waals surface area contributed by atoms with Gasteiger partial charge in [-0.3, -0.25) is 9.59 Å². The molecular weight excluding hydrogens is 302 g/mol. The van der Waals surface area contributed by atoms with Gasteiger partial charge in [-0.25, -0.2) is 0 Å². The van der Waals surface area contributed by atoms with Crippen LogP contribution in [0, 0.1) is 23.7 Å². The summed E-state index contributed by atoms with van der Waals surface area (Å²) in [6, 6.07) is 0.259. The summed E-state index contributed by atoms with van der Waals surface area (Å²) in [7, 11) is 0. The number of hydrogen-bond donors (Lipinski definition) is 2. The van der Waals surface area contributed by atoms with Crippen LogP contribution in [0.25, 0.3) is 0 Å². The average molecular weight is 335 g/mol. The molecule has 2 amide bonds. The number of fused-ring (bicyclic) bond motifs is 2. The summed E-state index contributed by atoms with van der Waals surface area (Å²) in [5.41, 5.74) is 6.28. The van der Waals surface area contributed by atoms with Crippen molar-refractivity contribution in [3.63, 3.8) is 0 Å². The lowest BCUT2D eigenvalue weighted by molar-refractivity contribution is -0.137. The smallest absolute Gasteiger partial charge is 0.225 e. The van der Waals surface area contributed by atoms with Gasteiger partial charge in [0.05, 0.1) is 5.92 Å². The Balaban J connectivity index is 1.47. The van der Waals surface area contributed by atoms with Gasteiger partial charge in [0.1, 0.15) is 0 Å². The normalized spacial score (nSPS) is 33.2. The highest BCUT2D eigenvalue weighted by molar-refractivity contribution is 5.81. The molecule has 1 saturated heterocycles. The highest BCUT2D eigenvalue weighted by Crippen LogP contribution is 2.47. The molecule has 2 aliphatic carbocycles. The SMILES string of the molecule is CCC(CC)C(=O)N1CCC(NC(=O)C2C3CCC(C3)C2N)CC1. The van der Waals surface area contributed by atoms with Gasteiger partial charge in [-0.1, -0.05) is 13.8 Å². The third-order valence-corrected chi connectivity index (χ3v) is 6.77. The van der Waals surface area contributed by atoms with Gasteiger partial charge < -0.3 is 16.0 Å². The molecule has 5 heteroatoms. The van der Waals surface area contributed by atoms with Crippen LogP contribution in [0.3, 0.4) is 0 Å². The molecule has 2 bridgehead atoms. The molecule has 2 saturated carbocycles. The van der Waals surface area contributed by atoms with Gasteiger partial charge in [0.15, 0.2) is 0 Å². The van der Waals surface area contributed by atoms with E-state index in [4.69, 9.17) is 5.73 Å². The molecule has 0 radical (unpaired) electrons. The minimum Gasteiger partial charge on any atom is -0.353 e. The predicted octanol–water partition coefficient (Wildman–Crippen LogP) is 1.90. The van der Waals surface area contributed by atoms with Crippen LogP contribution >= 0.6 is 0 Å². The van der Waals surface area contributed by atoms with Crippen molar-refractivity contribution in [2.45, 2.75) is 70.9 Å². The van der Waals surface area contributed by atoms with Gasteiger partial charge in [0.25, 0.3) is 0 Å². The number of piperidine rings is 1. The predicted molar refractivity (Wildman–Crippen MR) is 94.1 cm³/mol. The first kappa shape index (κ1) is 17.7. The highest BCUT2D eigenvalue weighted by atomic mass is 16.2. The summed E-state index contributed by atoms with van der Waals surface area (Å²) in [6.07, 6.45) is 7.07. The van der Waals surface area contributed by atoms with Crippen molar-refractivity contribution < 1.29 is 9.59 Å². The minimum absolute atomic E-state index is 0.0213. The van der Waals surface area contributed by atoms with E-state index in [1.165, 1.54) is 12.8 Å². The van der Waals surface area contributed by atoms with Gasteiger partial charge in [0, 0.05) is 31.1 Å². The monoisotopic (exact) mass is 335 g/mol. The lowest BCUT2D eigenvalue weighted by atomic mass is 9.84. The van der Waals surface area contributed by atoms with E-state index in [0.29, 0.717) is 17.7 Å². The number of nitrogens with two attached hydrogens (primary N) is 1. The van der Waals surface area contributed by atoms with Crippen LogP contribution in [0.15, 0.2) is 0 Å². The summed E-state index contributed by atoms with van der Waals surface area (Å²) < 4.78 is 0. The highest BCUT2D eigenvalue weighted by Gasteiger charge is 2.49. The zero-order chi connectivity index (χ0) is 17.3. The molecule has 1 aliphatic heterocycles. The molecule has 5 nitrogen and oxygen atoms in total. The molecule has 24 heavy (non-hydrogen) atoms. The Hall–Kier alpha value is -1.10. The Morgan fingerprint density at radius 2 is 1.71 bits per heavy atom. The lowest BCUT2D eigenvalue weighted by Gasteiger charge is -2.35. The third-order valence-electron chi connectivity index (χ3n) is 6.77. The molecule has 3 aliphatic rings. The molecule has 4 atom stereocenters. The zero-order valence-electron chi connectivity index (χ0n) is 15.2. The minimum atomic E-state index is 0.0213. The molecule has 3 rings (SSSR count). The van der Waals surface area contributed by atoms with Crippen LogP contribution in [-0.2, 0) is 9.59 Å². The van der Waals surface area contributed by atoms with Gasteiger partial charge in [-0.15, -0.1) is 0 Å². The zero-order valence-corrected chi connectivity index (χ0v) is 15.2. The molecule has 0 aromatic carbocycles. The summed E-state index contributed by atoms with van der Waals surface area (Å²) in [5, 5.41) is 3.24. The van der Waals surface area contributed by atoms with Crippen LogP contribution in [0.4, 0.5) is 0 Å². The third kappa shape index (κ3) is 3.32. The number of carbonyl (C=O) groups is 2. The standard InChI is InChI=1S/C19H33N3O2/c1-3-12(4-2)19(24)22-9-7-15(8-10-22)21-18(23)16-13-5-6-14(11-13)17(16)20/h12-17H,3-11,20H2,1-2H3,(H,21,23). The van der Waals surface area contributed by atoms with Crippen molar-refractivity contribution in [2.24, 2.45) is 29.4 Å². The Morgan fingerprint density at radius 3 is 2.25 bits per heavy atom. The maximum atomic E-state index is 12.7. The van der Waals surface area contributed by atoms with Crippen molar-refractivity contribution in [1.82, 2.24) is 10.2 Å². The Labute approximate surface area is 145 Å². The van der Waals surface area contributed by atoms with E-state index in [-0.39, 0.29) is 29.8 Å². The number of likely N-dealkylation sites (tertiary alicyclic amines) is 1. The maximum Gasteiger partial charge on any atom is 0.225 e. The quantitative estimate of drug-likeness (QED) is 0.806. The van der Waals surface area contributed by atoms with Crippen LogP contribution < -0.4 is 11.1 Å². The lowest BCUT2D eigenvalue weighted by Crippen LogP contribution is -2.52. The Morgan fingerprint density at radius 1 is 1.08 bits per heavy atom. The van der Waals surface area contributed by atoms with E-state index in [0.717, 1.165) is 45.2 Å². The first-order chi connectivity index (χ1) is 11.5. The van der Waals surface area contributed by atoms with Crippen LogP contribution in [0.1, 0.15) is 58.8 Å². The largest absolute Gasteiger partial charge is 0.353 e. The number of carbonyl (C=O) groups excluding carboxylic acids is 2. The molecular formula is C19H33N3O2. The van der Waals surface area contributed by atoms with Gasteiger partial charge in [0.2, 0.25) is 11.8 Å². The average Bonchev–Trinajstić information content (AvgIpc) is 3.17. The van der Waals surface area contributed by atoms with Crippen LogP contribution in [0.5, 0.6) is 0 Å². The molecule has 4 unspecified atom stereocenters. The van der Waals surface area contributed by atoms with E-state index < -0.39 is 0 Å². The van der Waals surface area contributed by atoms with Gasteiger partial charge in [-0.2, -0.15) is 0 Å². The summed E-state index contributed by atoms with van der Waals surface area (Å²) in [5.74, 6) is 1.70. The van der Waals surface area contributed by atoms with E-state index in [1.807, 2.05) is 4.90 Å². The fourth-order valence-corrected chi connectivity index (χ4v) is 5.16. The molecule has 1 heterocycles. The Kier molecular flexibility index (Phi) is 5.48. The maximum absolute atomic E-state index is 12.7. The first-order valence-corrected chi connectivity index (χ1v) is 9.89.